The van der Waals surface area contributed by atoms with Crippen LogP contribution in [0.25, 0.3) is 17.4 Å². The number of H-pyrrole nitrogens is 1. The lowest BCUT2D eigenvalue weighted by Crippen LogP contribution is -2.19. The maximum Gasteiger partial charge on any atom is 0.256 e. The third-order valence-corrected chi connectivity index (χ3v) is 4.90. The molecule has 0 atom stereocenters. The fraction of sp³-hybridized carbons (Fsp3) is 0.182. The molecule has 0 unspecified atom stereocenters. The first-order chi connectivity index (χ1) is 15.5. The predicted molar refractivity (Wildman–Crippen MR) is 114 cm³/mol. The molecule has 0 saturated carbocycles. The van der Waals surface area contributed by atoms with Gasteiger partial charge in [0.15, 0.2) is 17.3 Å². The van der Waals surface area contributed by atoms with E-state index in [2.05, 4.69) is 20.4 Å². The molecule has 162 valence electrons. The molecule has 4 heterocycles. The number of hydrogen-bond donors (Lipinski definition) is 2. The average Bonchev–Trinajstić information content (AvgIpc) is 3.52. The minimum Gasteiger partial charge on any atom is -0.463 e. The number of nitrogens with zero attached hydrogens (tertiary/aromatic N) is 3. The number of nitrogens with one attached hydrogen (secondary N) is 2. The monoisotopic (exact) mass is 433 g/mol. The first-order valence-corrected chi connectivity index (χ1v) is 9.94. The highest BCUT2D eigenvalue weighted by Gasteiger charge is 2.20. The van der Waals surface area contributed by atoms with Gasteiger partial charge in [0.05, 0.1) is 12.0 Å². The van der Waals surface area contributed by atoms with Crippen molar-refractivity contribution in [2.45, 2.75) is 19.8 Å². The van der Waals surface area contributed by atoms with Gasteiger partial charge < -0.3 is 19.2 Å². The van der Waals surface area contributed by atoms with Crippen LogP contribution in [0.3, 0.4) is 0 Å². The summed E-state index contributed by atoms with van der Waals surface area (Å²) in [6, 6.07) is 11.5. The minimum absolute atomic E-state index is 0.0304. The molecule has 0 saturated heterocycles. The number of hydrogen-bond acceptors (Lipinski definition) is 7. The quantitative estimate of drug-likeness (QED) is 0.495. The topological polar surface area (TPSA) is 124 Å². The Morgan fingerprint density at radius 3 is 2.78 bits per heavy atom. The summed E-state index contributed by atoms with van der Waals surface area (Å²) in [5, 5.41) is 7.33. The molecule has 4 aromatic rings. The molecule has 5 rings (SSSR count). The molecular formula is C22H19N5O5. The summed E-state index contributed by atoms with van der Waals surface area (Å²) in [6.45, 7) is 3.99. The highest BCUT2D eigenvalue weighted by molar-refractivity contribution is 6.04. The highest BCUT2D eigenvalue weighted by Crippen LogP contribution is 2.33. The molecule has 0 bridgehead atoms. The summed E-state index contributed by atoms with van der Waals surface area (Å²) in [4.78, 5) is 32.4. The number of aromatic nitrogens is 4. The zero-order valence-electron chi connectivity index (χ0n) is 17.3. The smallest absolute Gasteiger partial charge is 0.256 e. The van der Waals surface area contributed by atoms with Crippen molar-refractivity contribution in [2.75, 3.05) is 12.1 Å². The van der Waals surface area contributed by atoms with Gasteiger partial charge in [-0.25, -0.2) is 4.98 Å². The lowest BCUT2D eigenvalue weighted by atomic mass is 10.1. The van der Waals surface area contributed by atoms with Crippen LogP contribution >= 0.6 is 0 Å². The number of aromatic amines is 1. The van der Waals surface area contributed by atoms with Gasteiger partial charge in [-0.1, -0.05) is 13.8 Å². The number of carbonyl (C=O) groups excluding carboxylic acids is 1. The second-order valence-corrected chi connectivity index (χ2v) is 7.47. The van der Waals surface area contributed by atoms with E-state index in [1.165, 1.54) is 17.0 Å². The Labute approximate surface area is 181 Å². The number of ether oxygens (including phenoxy) is 2. The van der Waals surface area contributed by atoms with Gasteiger partial charge in [0.1, 0.15) is 11.5 Å². The van der Waals surface area contributed by atoms with Gasteiger partial charge in [0, 0.05) is 17.7 Å². The van der Waals surface area contributed by atoms with Crippen LogP contribution in [0.1, 0.15) is 35.8 Å². The molecule has 0 fully saturated rings. The molecule has 2 N–H and O–H groups in total. The van der Waals surface area contributed by atoms with E-state index in [1.807, 2.05) is 13.8 Å². The molecule has 1 aliphatic heterocycles. The van der Waals surface area contributed by atoms with E-state index in [-0.39, 0.29) is 24.2 Å². The third-order valence-electron chi connectivity index (χ3n) is 4.90. The average molecular weight is 433 g/mol. The van der Waals surface area contributed by atoms with Crippen LogP contribution in [-0.2, 0) is 0 Å². The van der Waals surface area contributed by atoms with Crippen molar-refractivity contribution in [3.63, 3.8) is 0 Å². The van der Waals surface area contributed by atoms with E-state index in [0.29, 0.717) is 40.0 Å². The van der Waals surface area contributed by atoms with Gasteiger partial charge in [-0.05, 0) is 36.2 Å². The van der Waals surface area contributed by atoms with E-state index in [1.54, 1.807) is 36.4 Å². The van der Waals surface area contributed by atoms with Crippen LogP contribution in [0.15, 0.2) is 57.9 Å². The van der Waals surface area contributed by atoms with E-state index in [4.69, 9.17) is 13.9 Å². The lowest BCUT2D eigenvalue weighted by molar-refractivity contribution is 0.102. The van der Waals surface area contributed by atoms with Gasteiger partial charge in [-0.2, -0.15) is 9.78 Å². The number of fused-ring (bicyclic) bond motifs is 1. The van der Waals surface area contributed by atoms with Crippen molar-refractivity contribution >= 4 is 11.7 Å². The molecule has 10 nitrogen and oxygen atoms in total. The predicted octanol–water partition coefficient (Wildman–Crippen LogP) is 3.32. The number of carbonyl (C=O) groups is 1. The van der Waals surface area contributed by atoms with E-state index >= 15 is 0 Å². The number of benzene rings is 1. The molecular weight excluding hydrogens is 414 g/mol. The Bertz CT molecular complexity index is 1350. The highest BCUT2D eigenvalue weighted by atomic mass is 16.7. The van der Waals surface area contributed by atoms with Gasteiger partial charge in [-0.3, -0.25) is 14.6 Å². The van der Waals surface area contributed by atoms with Crippen LogP contribution in [0.5, 0.6) is 11.5 Å². The minimum atomic E-state index is -0.391. The van der Waals surface area contributed by atoms with E-state index < -0.39 is 5.91 Å². The Kier molecular flexibility index (Phi) is 4.74. The summed E-state index contributed by atoms with van der Waals surface area (Å²) >= 11 is 0. The van der Waals surface area contributed by atoms with Crippen molar-refractivity contribution in [1.29, 1.82) is 0 Å². The summed E-state index contributed by atoms with van der Waals surface area (Å²) in [7, 11) is 0. The molecule has 32 heavy (non-hydrogen) atoms. The Hall–Kier alpha value is -4.34. The zero-order valence-corrected chi connectivity index (χ0v) is 17.3. The number of furan rings is 1. The standard InChI is InChI=1S/C22H19N5O5/c1-12(2)14-10-20(28)25-22(23-14)27-19(9-15(26-27)16-4-3-7-30-16)24-21(29)13-5-6-17-18(8-13)32-11-31-17/h3-10,12H,11H2,1-2H3,(H,24,29)(H,23,25,28). The number of anilines is 1. The maximum absolute atomic E-state index is 13.0. The van der Waals surface area contributed by atoms with Crippen LogP contribution < -0.4 is 20.3 Å². The Balaban J connectivity index is 1.55. The van der Waals surface area contributed by atoms with Crippen LogP contribution in [0.2, 0.25) is 0 Å². The Morgan fingerprint density at radius 2 is 2.00 bits per heavy atom. The summed E-state index contributed by atoms with van der Waals surface area (Å²) in [6.07, 6.45) is 1.53. The van der Waals surface area contributed by atoms with Crippen LogP contribution in [0, 0.1) is 0 Å². The number of amides is 1. The van der Waals surface area contributed by atoms with Gasteiger partial charge >= 0.3 is 0 Å². The van der Waals surface area contributed by atoms with Gasteiger partial charge in [0.2, 0.25) is 12.7 Å². The first-order valence-electron chi connectivity index (χ1n) is 9.94. The molecule has 0 spiro atoms. The van der Waals surface area contributed by atoms with Crippen molar-refractivity contribution in [3.8, 4) is 28.9 Å². The fourth-order valence-electron chi connectivity index (χ4n) is 3.26. The molecule has 1 amide bonds. The van der Waals surface area contributed by atoms with Gasteiger partial charge in [-0.15, -0.1) is 0 Å². The molecule has 0 aliphatic carbocycles. The normalized spacial score (nSPS) is 12.3. The molecule has 10 heteroatoms. The van der Waals surface area contributed by atoms with Gasteiger partial charge in [0.25, 0.3) is 11.5 Å². The van der Waals surface area contributed by atoms with Crippen molar-refractivity contribution in [2.24, 2.45) is 0 Å². The third kappa shape index (κ3) is 3.62. The molecule has 3 aromatic heterocycles. The molecule has 1 aliphatic rings. The van der Waals surface area contributed by atoms with Crippen molar-refractivity contribution in [3.05, 3.63) is 70.3 Å². The summed E-state index contributed by atoms with van der Waals surface area (Å²) < 4.78 is 17.5. The zero-order chi connectivity index (χ0) is 22.2. The molecule has 1 aromatic carbocycles. The van der Waals surface area contributed by atoms with Crippen molar-refractivity contribution in [1.82, 2.24) is 19.7 Å². The second-order valence-electron chi connectivity index (χ2n) is 7.47. The first kappa shape index (κ1) is 19.6. The maximum atomic E-state index is 13.0. The summed E-state index contributed by atoms with van der Waals surface area (Å²) in [5.74, 6) is 1.71. The van der Waals surface area contributed by atoms with E-state index in [9.17, 15) is 9.59 Å². The SMILES string of the molecule is CC(C)c1cc(=O)[nH]c(-n2nc(-c3ccco3)cc2NC(=O)c2ccc3c(c2)OCO3)n1. The fourth-order valence-corrected chi connectivity index (χ4v) is 3.26. The van der Waals surface area contributed by atoms with Crippen LogP contribution in [-0.4, -0.2) is 32.4 Å². The van der Waals surface area contributed by atoms with E-state index in [0.717, 1.165) is 0 Å². The van der Waals surface area contributed by atoms with Crippen molar-refractivity contribution < 1.29 is 18.7 Å². The second kappa shape index (κ2) is 7.73. The lowest BCUT2D eigenvalue weighted by Gasteiger charge is -2.10. The summed E-state index contributed by atoms with van der Waals surface area (Å²) in [5.41, 5.74) is 1.13. The van der Waals surface area contributed by atoms with Crippen LogP contribution in [0.4, 0.5) is 5.82 Å². The molecule has 0 radical (unpaired) electrons. The Morgan fingerprint density at radius 1 is 1.16 bits per heavy atom. The number of rotatable bonds is 5. The largest absolute Gasteiger partial charge is 0.463 e.